The van der Waals surface area contributed by atoms with Gasteiger partial charge in [0.2, 0.25) is 0 Å². The van der Waals surface area contributed by atoms with Gasteiger partial charge in [-0.2, -0.15) is 8.42 Å². The van der Waals surface area contributed by atoms with Crippen LogP contribution in [0.4, 0.5) is 5.69 Å². The van der Waals surface area contributed by atoms with Gasteiger partial charge in [0.25, 0.3) is 10.1 Å². The molecule has 1 aromatic carbocycles. The molecule has 0 saturated heterocycles. The van der Waals surface area contributed by atoms with Gasteiger partial charge >= 0.3 is 0 Å². The number of hydrogen-bond acceptors (Lipinski definition) is 5. The second kappa shape index (κ2) is 5.45. The average Bonchev–Trinajstić information content (AvgIpc) is 2.74. The summed E-state index contributed by atoms with van der Waals surface area (Å²) in [6.45, 7) is 1.93. The minimum atomic E-state index is -3.95. The van der Waals surface area contributed by atoms with Crippen LogP contribution in [-0.4, -0.2) is 34.1 Å². The molecule has 0 radical (unpaired) electrons. The zero-order chi connectivity index (χ0) is 14.4. The van der Waals surface area contributed by atoms with E-state index in [0.717, 1.165) is 21.5 Å². The smallest absolute Gasteiger partial charge is 0.264 e. The quantitative estimate of drug-likeness (QED) is 0.833. The molecule has 1 unspecified atom stereocenters. The Morgan fingerprint density at radius 1 is 1.38 bits per heavy atom. The second-order valence-electron chi connectivity index (χ2n) is 5.01. The molecule has 1 aromatic heterocycles. The van der Waals surface area contributed by atoms with Gasteiger partial charge < -0.3 is 10.8 Å². The van der Waals surface area contributed by atoms with E-state index in [4.69, 9.17) is 4.55 Å². The third-order valence-electron chi connectivity index (χ3n) is 3.29. The summed E-state index contributed by atoms with van der Waals surface area (Å²) in [7, 11) is -3.95. The predicted octanol–water partition coefficient (Wildman–Crippen LogP) is 1.92. The largest absolute Gasteiger partial charge is 0.412 e. The maximum Gasteiger partial charge on any atom is 0.264 e. The van der Waals surface area contributed by atoms with Crippen LogP contribution in [0.1, 0.15) is 13.3 Å². The first-order valence-corrected chi connectivity index (χ1v) is 8.59. The van der Waals surface area contributed by atoms with Gasteiger partial charge in [0.05, 0.1) is 28.0 Å². The molecule has 0 fully saturated rings. The minimum absolute atomic E-state index is 0. The first kappa shape index (κ1) is 16.0. The summed E-state index contributed by atoms with van der Waals surface area (Å²) < 4.78 is 30.7. The molecular weight excluding hydrogens is 312 g/mol. The van der Waals surface area contributed by atoms with Crippen molar-refractivity contribution in [2.45, 2.75) is 23.1 Å². The monoisotopic (exact) mass is 328 g/mol. The summed E-state index contributed by atoms with van der Waals surface area (Å²) in [5.74, 6) is -0.261. The molecule has 2 aromatic rings. The topological polar surface area (TPSA) is 111 Å². The van der Waals surface area contributed by atoms with Crippen LogP contribution in [0.3, 0.4) is 0 Å². The molecule has 1 aliphatic heterocycles. The van der Waals surface area contributed by atoms with Gasteiger partial charge in [0.1, 0.15) is 0 Å². The van der Waals surface area contributed by atoms with Crippen molar-refractivity contribution in [3.63, 3.8) is 0 Å². The highest BCUT2D eigenvalue weighted by Crippen LogP contribution is 2.49. The third kappa shape index (κ3) is 3.29. The predicted molar refractivity (Wildman–Crippen MR) is 84.3 cm³/mol. The molecule has 0 amide bonds. The molecule has 4 N–H and O–H groups in total. The lowest BCUT2D eigenvalue weighted by atomic mass is 10.2. The van der Waals surface area contributed by atoms with Gasteiger partial charge in [-0.3, -0.25) is 9.54 Å². The number of hydrogen-bond donors (Lipinski definition) is 2. The van der Waals surface area contributed by atoms with Crippen molar-refractivity contribution in [3.05, 3.63) is 30.5 Å². The van der Waals surface area contributed by atoms with Crippen molar-refractivity contribution in [2.24, 2.45) is 0 Å². The molecule has 3 rings (SSSR count). The Morgan fingerprint density at radius 3 is 2.81 bits per heavy atom. The van der Waals surface area contributed by atoms with Gasteiger partial charge in [-0.05, 0) is 19.4 Å². The number of anilines is 1. The van der Waals surface area contributed by atoms with Crippen molar-refractivity contribution in [3.8, 4) is 0 Å². The molecule has 21 heavy (non-hydrogen) atoms. The lowest BCUT2D eigenvalue weighted by molar-refractivity contribution is 0.478. The number of pyridine rings is 1. The Labute approximate surface area is 127 Å². The number of benzene rings is 1. The normalized spacial score (nSPS) is 20.7. The fourth-order valence-corrected chi connectivity index (χ4v) is 4.40. The van der Waals surface area contributed by atoms with Crippen molar-refractivity contribution in [1.29, 1.82) is 0 Å². The van der Waals surface area contributed by atoms with E-state index in [9.17, 15) is 8.42 Å². The number of nitrogens with zero attached hydrogens (tertiary/aromatic N) is 1. The first-order valence-electron chi connectivity index (χ1n) is 6.16. The second-order valence-corrected chi connectivity index (χ2v) is 8.10. The molecule has 1 atom stereocenters. The molecule has 114 valence electrons. The molecule has 6 nitrogen and oxygen atoms in total. The summed E-state index contributed by atoms with van der Waals surface area (Å²) in [5, 5.41) is 4.35. The Bertz CT molecular complexity index is 779. The van der Waals surface area contributed by atoms with Crippen molar-refractivity contribution < 1.29 is 18.4 Å². The minimum Gasteiger partial charge on any atom is -0.412 e. The van der Waals surface area contributed by atoms with Gasteiger partial charge in [0.15, 0.2) is 0 Å². The number of aromatic nitrogens is 1. The zero-order valence-corrected chi connectivity index (χ0v) is 13.0. The van der Waals surface area contributed by atoms with E-state index >= 15 is 0 Å². The SMILES string of the molecule is CC1(CCS(=O)(=O)O)Nc2cnc3ccccc3c2S1.O. The van der Waals surface area contributed by atoms with Crippen LogP contribution in [0.25, 0.3) is 10.9 Å². The number of para-hydroxylation sites is 1. The fraction of sp³-hybridized carbons (Fsp3) is 0.308. The molecular formula is C13H16N2O4S2. The zero-order valence-electron chi connectivity index (χ0n) is 11.3. The number of thioether (sulfide) groups is 1. The van der Waals surface area contributed by atoms with Crippen LogP contribution in [0, 0.1) is 0 Å². The van der Waals surface area contributed by atoms with Crippen molar-refractivity contribution >= 4 is 38.5 Å². The molecule has 0 bridgehead atoms. The summed E-state index contributed by atoms with van der Waals surface area (Å²) in [5.41, 5.74) is 1.83. The van der Waals surface area contributed by atoms with Crippen LogP contribution in [0.2, 0.25) is 0 Å². The molecule has 0 aliphatic carbocycles. The maximum absolute atomic E-state index is 10.9. The van der Waals surface area contributed by atoms with E-state index in [1.165, 1.54) is 0 Å². The van der Waals surface area contributed by atoms with E-state index < -0.39 is 15.0 Å². The summed E-state index contributed by atoms with van der Waals surface area (Å²) in [4.78, 5) is 5.01. The van der Waals surface area contributed by atoms with Crippen LogP contribution >= 0.6 is 11.8 Å². The van der Waals surface area contributed by atoms with Gasteiger partial charge in [-0.25, -0.2) is 0 Å². The van der Waals surface area contributed by atoms with Crippen molar-refractivity contribution in [2.75, 3.05) is 11.1 Å². The Hall–Kier alpha value is -1.35. The van der Waals surface area contributed by atoms with Gasteiger partial charge in [-0.15, -0.1) is 0 Å². The standard InChI is InChI=1S/C13H14N2O3S2.H2O/c1-13(6-7-20(16,17)18)15-11-8-14-10-5-3-2-4-9(10)12(11)19-13;/h2-5,8,15H,6-7H2,1H3,(H,16,17,18);1H2. The Kier molecular flexibility index (Phi) is 4.16. The van der Waals surface area contributed by atoms with E-state index in [2.05, 4.69) is 10.3 Å². The highest BCUT2D eigenvalue weighted by Gasteiger charge is 2.35. The molecule has 8 heteroatoms. The van der Waals surface area contributed by atoms with Crippen LogP contribution < -0.4 is 5.32 Å². The molecule has 0 spiro atoms. The summed E-state index contributed by atoms with van der Waals surface area (Å²) in [6, 6.07) is 7.85. The summed E-state index contributed by atoms with van der Waals surface area (Å²) >= 11 is 1.58. The van der Waals surface area contributed by atoms with Gasteiger partial charge in [-0.1, -0.05) is 30.0 Å². The lowest BCUT2D eigenvalue weighted by Crippen LogP contribution is -2.29. The third-order valence-corrected chi connectivity index (χ3v) is 5.41. The molecule has 2 heterocycles. The van der Waals surface area contributed by atoms with E-state index in [1.54, 1.807) is 18.0 Å². The van der Waals surface area contributed by atoms with E-state index in [0.29, 0.717) is 6.42 Å². The van der Waals surface area contributed by atoms with Crippen LogP contribution in [0.5, 0.6) is 0 Å². The Balaban J connectivity index is 0.00000161. The lowest BCUT2D eigenvalue weighted by Gasteiger charge is -2.23. The maximum atomic E-state index is 10.9. The summed E-state index contributed by atoms with van der Waals surface area (Å²) in [6.07, 6.45) is 2.09. The number of rotatable bonds is 3. The fourth-order valence-electron chi connectivity index (χ4n) is 2.29. The number of nitrogens with one attached hydrogen (secondary N) is 1. The molecule has 0 saturated carbocycles. The van der Waals surface area contributed by atoms with Crippen LogP contribution in [-0.2, 0) is 10.1 Å². The molecule has 1 aliphatic rings. The van der Waals surface area contributed by atoms with Crippen LogP contribution in [0.15, 0.2) is 35.4 Å². The first-order chi connectivity index (χ1) is 9.36. The average molecular weight is 328 g/mol. The highest BCUT2D eigenvalue weighted by molar-refractivity contribution is 8.01. The van der Waals surface area contributed by atoms with Crippen molar-refractivity contribution in [1.82, 2.24) is 4.98 Å². The Morgan fingerprint density at radius 2 is 2.10 bits per heavy atom. The van der Waals surface area contributed by atoms with E-state index in [-0.39, 0.29) is 11.2 Å². The van der Waals surface area contributed by atoms with Gasteiger partial charge in [0, 0.05) is 10.3 Å². The van der Waals surface area contributed by atoms with E-state index in [1.807, 2.05) is 31.2 Å². The number of fused-ring (bicyclic) bond motifs is 3. The highest BCUT2D eigenvalue weighted by atomic mass is 32.2.